The molecule has 0 radical (unpaired) electrons. The average Bonchev–Trinajstić information content (AvgIpc) is 3.25. The summed E-state index contributed by atoms with van der Waals surface area (Å²) in [5.74, 6) is 0.612. The molecule has 166 valence electrons. The molecule has 1 aliphatic carbocycles. The van der Waals surface area contributed by atoms with Gasteiger partial charge in [0.1, 0.15) is 5.69 Å². The van der Waals surface area contributed by atoms with Crippen molar-refractivity contribution < 1.29 is 4.79 Å². The molecule has 1 aromatic carbocycles. The minimum atomic E-state index is -0.0628. The lowest BCUT2D eigenvalue weighted by molar-refractivity contribution is 0.0727. The van der Waals surface area contributed by atoms with Gasteiger partial charge in [0, 0.05) is 62.3 Å². The standard InChI is InChI=1S/C25H25N7O/c1-31-23(14-28-31)18-6-7-22(26-12-18)24(33)32-9-8-21-19(15-32)13-27-25(30-21)29-20-10-16-4-2-3-5-17(16)11-20/h2-7,12-14,20,28H,8-11,15H2,1H3,(H,27,29,30). The van der Waals surface area contributed by atoms with Crippen LogP contribution in [0, 0.1) is 0 Å². The van der Waals surface area contributed by atoms with Crippen molar-refractivity contribution in [1.29, 1.82) is 0 Å². The molecule has 0 spiro atoms. The number of fused-ring (bicyclic) bond motifs is 2. The topological polar surface area (TPSA) is 91.7 Å². The summed E-state index contributed by atoms with van der Waals surface area (Å²) in [4.78, 5) is 28.6. The predicted molar refractivity (Wildman–Crippen MR) is 125 cm³/mol. The third-order valence-electron chi connectivity index (χ3n) is 6.64. The molecule has 2 aliphatic rings. The highest BCUT2D eigenvalue weighted by atomic mass is 16.2. The maximum atomic E-state index is 13.0. The number of nitrogens with zero attached hydrogens (tertiary/aromatic N) is 5. The Hall–Kier alpha value is -3.94. The van der Waals surface area contributed by atoms with Crippen molar-refractivity contribution >= 4 is 11.9 Å². The van der Waals surface area contributed by atoms with Gasteiger partial charge in [0.2, 0.25) is 5.95 Å². The third kappa shape index (κ3) is 3.67. The highest BCUT2D eigenvalue weighted by Gasteiger charge is 2.26. The minimum absolute atomic E-state index is 0.0628. The first-order chi connectivity index (χ1) is 16.1. The van der Waals surface area contributed by atoms with Crippen molar-refractivity contribution in [3.05, 3.63) is 83.1 Å². The quantitative estimate of drug-likeness (QED) is 0.510. The molecule has 8 nitrogen and oxygen atoms in total. The molecule has 1 aliphatic heterocycles. The van der Waals surface area contributed by atoms with Crippen molar-refractivity contribution in [1.82, 2.24) is 29.6 Å². The molecule has 0 saturated heterocycles. The van der Waals surface area contributed by atoms with Gasteiger partial charge >= 0.3 is 0 Å². The molecule has 33 heavy (non-hydrogen) atoms. The van der Waals surface area contributed by atoms with Crippen molar-refractivity contribution in [3.63, 3.8) is 0 Å². The van der Waals surface area contributed by atoms with Crippen molar-refractivity contribution in [2.45, 2.75) is 31.8 Å². The van der Waals surface area contributed by atoms with E-state index < -0.39 is 0 Å². The smallest absolute Gasteiger partial charge is 0.272 e. The van der Waals surface area contributed by atoms with Crippen LogP contribution >= 0.6 is 0 Å². The molecule has 6 rings (SSSR count). The summed E-state index contributed by atoms with van der Waals surface area (Å²) in [5.41, 5.74) is 7.31. The van der Waals surface area contributed by atoms with Crippen LogP contribution in [0.15, 0.2) is 55.0 Å². The fraction of sp³-hybridized carbons (Fsp3) is 0.280. The van der Waals surface area contributed by atoms with E-state index in [1.807, 2.05) is 35.1 Å². The first kappa shape index (κ1) is 19.7. The number of amides is 1. The van der Waals surface area contributed by atoms with E-state index in [-0.39, 0.29) is 5.91 Å². The molecule has 0 atom stereocenters. The van der Waals surface area contributed by atoms with Crippen LogP contribution in [0.4, 0.5) is 5.95 Å². The first-order valence-corrected chi connectivity index (χ1v) is 11.3. The number of carbonyl (C=O) groups is 1. The van der Waals surface area contributed by atoms with E-state index in [0.717, 1.165) is 35.4 Å². The van der Waals surface area contributed by atoms with Crippen LogP contribution in [0.1, 0.15) is 32.9 Å². The van der Waals surface area contributed by atoms with Gasteiger partial charge in [-0.1, -0.05) is 24.3 Å². The normalized spacial score (nSPS) is 15.4. The average molecular weight is 440 g/mol. The van der Waals surface area contributed by atoms with E-state index in [4.69, 9.17) is 4.98 Å². The summed E-state index contributed by atoms with van der Waals surface area (Å²) < 4.78 is 1.91. The highest BCUT2D eigenvalue weighted by Crippen LogP contribution is 2.25. The second-order valence-electron chi connectivity index (χ2n) is 8.81. The number of hydrogen-bond donors (Lipinski definition) is 2. The molecule has 0 unspecified atom stereocenters. The van der Waals surface area contributed by atoms with Crippen LogP contribution in [0.5, 0.6) is 0 Å². The van der Waals surface area contributed by atoms with Gasteiger partial charge in [-0.2, -0.15) is 0 Å². The third-order valence-corrected chi connectivity index (χ3v) is 6.64. The number of pyridine rings is 1. The van der Waals surface area contributed by atoms with Crippen LogP contribution in [-0.2, 0) is 32.9 Å². The van der Waals surface area contributed by atoms with Crippen molar-refractivity contribution in [2.75, 3.05) is 11.9 Å². The summed E-state index contributed by atoms with van der Waals surface area (Å²) in [6.45, 7) is 1.13. The fourth-order valence-corrected chi connectivity index (χ4v) is 4.77. The number of nitrogens with one attached hydrogen (secondary N) is 2. The number of aromatic amines is 1. The van der Waals surface area contributed by atoms with Crippen LogP contribution in [0.2, 0.25) is 0 Å². The summed E-state index contributed by atoms with van der Waals surface area (Å²) in [6, 6.07) is 12.6. The van der Waals surface area contributed by atoms with Gasteiger partial charge in [-0.25, -0.2) is 9.97 Å². The summed E-state index contributed by atoms with van der Waals surface area (Å²) in [6.07, 6.45) is 8.22. The maximum absolute atomic E-state index is 13.0. The van der Waals surface area contributed by atoms with Gasteiger partial charge < -0.3 is 15.3 Å². The van der Waals surface area contributed by atoms with E-state index in [0.29, 0.717) is 37.2 Å². The second kappa shape index (κ2) is 7.88. The molecule has 0 fully saturated rings. The van der Waals surface area contributed by atoms with Crippen LogP contribution in [0.3, 0.4) is 0 Å². The number of benzene rings is 1. The van der Waals surface area contributed by atoms with Gasteiger partial charge in [-0.05, 0) is 36.1 Å². The summed E-state index contributed by atoms with van der Waals surface area (Å²) >= 11 is 0. The lowest BCUT2D eigenvalue weighted by Gasteiger charge is -2.28. The number of carbonyl (C=O) groups excluding carboxylic acids is 1. The van der Waals surface area contributed by atoms with Crippen molar-refractivity contribution in [3.8, 4) is 11.3 Å². The Balaban J connectivity index is 1.11. The van der Waals surface area contributed by atoms with E-state index in [1.165, 1.54) is 11.1 Å². The zero-order valence-electron chi connectivity index (χ0n) is 18.5. The molecular formula is C25H25N7O. The Morgan fingerprint density at radius 2 is 1.88 bits per heavy atom. The number of hydrogen-bond acceptors (Lipinski definition) is 5. The zero-order chi connectivity index (χ0) is 22.4. The largest absolute Gasteiger partial charge is 0.351 e. The van der Waals surface area contributed by atoms with Gasteiger partial charge in [0.05, 0.1) is 11.4 Å². The van der Waals surface area contributed by atoms with Crippen molar-refractivity contribution in [2.24, 2.45) is 7.05 Å². The molecule has 0 saturated carbocycles. The lowest BCUT2D eigenvalue weighted by Crippen LogP contribution is -2.37. The Morgan fingerprint density at radius 3 is 2.55 bits per heavy atom. The van der Waals surface area contributed by atoms with Crippen LogP contribution in [0.25, 0.3) is 11.3 Å². The molecular weight excluding hydrogens is 414 g/mol. The van der Waals surface area contributed by atoms with Gasteiger partial charge in [-0.15, -0.1) is 0 Å². The molecule has 1 amide bonds. The number of rotatable bonds is 4. The Bertz CT molecular complexity index is 1300. The zero-order valence-corrected chi connectivity index (χ0v) is 18.5. The Morgan fingerprint density at radius 1 is 1.06 bits per heavy atom. The number of anilines is 1. The lowest BCUT2D eigenvalue weighted by atomic mass is 10.1. The molecule has 4 aromatic rings. The van der Waals surface area contributed by atoms with E-state index in [2.05, 4.69) is 44.6 Å². The highest BCUT2D eigenvalue weighted by molar-refractivity contribution is 5.92. The first-order valence-electron chi connectivity index (χ1n) is 11.3. The van der Waals surface area contributed by atoms with Gasteiger partial charge in [-0.3, -0.25) is 14.5 Å². The molecule has 8 heteroatoms. The number of aromatic nitrogens is 5. The van der Waals surface area contributed by atoms with E-state index in [1.54, 1.807) is 12.3 Å². The minimum Gasteiger partial charge on any atom is -0.351 e. The Kier molecular flexibility index (Phi) is 4.71. The van der Waals surface area contributed by atoms with Gasteiger partial charge in [0.25, 0.3) is 5.91 Å². The van der Waals surface area contributed by atoms with Crippen LogP contribution < -0.4 is 5.32 Å². The predicted octanol–water partition coefficient (Wildman–Crippen LogP) is 2.98. The second-order valence-corrected chi connectivity index (χ2v) is 8.81. The summed E-state index contributed by atoms with van der Waals surface area (Å²) in [7, 11) is 1.94. The van der Waals surface area contributed by atoms with E-state index >= 15 is 0 Å². The molecule has 0 bridgehead atoms. The molecule has 4 heterocycles. The fourth-order valence-electron chi connectivity index (χ4n) is 4.77. The van der Waals surface area contributed by atoms with E-state index in [9.17, 15) is 4.79 Å². The molecule has 2 N–H and O–H groups in total. The molecule has 3 aromatic heterocycles. The van der Waals surface area contributed by atoms with Gasteiger partial charge in [0.15, 0.2) is 0 Å². The summed E-state index contributed by atoms with van der Waals surface area (Å²) in [5, 5.41) is 6.54. The number of H-pyrrole nitrogens is 1. The number of aryl methyl sites for hydroxylation is 1. The SMILES string of the molecule is Cn1[nH]cc1-c1ccc(C(=O)N2CCc3nc(NC4Cc5ccccc5C4)ncc3C2)nc1. The van der Waals surface area contributed by atoms with Crippen LogP contribution in [-0.4, -0.2) is 48.1 Å². The monoisotopic (exact) mass is 439 g/mol. The Labute approximate surface area is 191 Å². The maximum Gasteiger partial charge on any atom is 0.272 e.